The lowest BCUT2D eigenvalue weighted by Gasteiger charge is -2.35. The van der Waals surface area contributed by atoms with Crippen LogP contribution in [0.15, 0.2) is 11.4 Å². The van der Waals surface area contributed by atoms with Crippen LogP contribution in [0, 0.1) is 0 Å². The van der Waals surface area contributed by atoms with Crippen molar-refractivity contribution in [3.05, 3.63) is 21.3 Å². The molecule has 0 aliphatic heterocycles. The van der Waals surface area contributed by atoms with Gasteiger partial charge >= 0.3 is 6.18 Å². The van der Waals surface area contributed by atoms with Crippen molar-refractivity contribution in [1.82, 2.24) is 4.72 Å². The van der Waals surface area contributed by atoms with Crippen molar-refractivity contribution in [1.29, 1.82) is 0 Å². The molecule has 0 saturated carbocycles. The van der Waals surface area contributed by atoms with Crippen molar-refractivity contribution in [3.8, 4) is 0 Å². The fourth-order valence-electron chi connectivity index (χ4n) is 1.73. The highest BCUT2D eigenvalue weighted by molar-refractivity contribution is 7.84. The molecular formula is C13H19ClF3NO2S2. The average molecular weight is 378 g/mol. The van der Waals surface area contributed by atoms with Gasteiger partial charge in [-0.25, -0.2) is 8.93 Å². The quantitative estimate of drug-likeness (QED) is 0.815. The summed E-state index contributed by atoms with van der Waals surface area (Å²) >= 11 is 7.18. The number of halogens is 4. The minimum atomic E-state index is -4.75. The summed E-state index contributed by atoms with van der Waals surface area (Å²) in [6.45, 7) is 6.57. The molecule has 128 valence electrons. The molecule has 1 aromatic heterocycles. The molecule has 2 N–H and O–H groups in total. The number of thiophene rings is 1. The van der Waals surface area contributed by atoms with E-state index in [0.29, 0.717) is 4.88 Å². The zero-order chi connectivity index (χ0) is 17.3. The van der Waals surface area contributed by atoms with Crippen LogP contribution in [0.4, 0.5) is 13.2 Å². The first-order chi connectivity index (χ1) is 9.77. The Morgan fingerprint density at radius 1 is 1.36 bits per heavy atom. The number of alkyl halides is 3. The van der Waals surface area contributed by atoms with E-state index in [9.17, 15) is 22.5 Å². The Kier molecular flexibility index (Phi) is 6.12. The highest BCUT2D eigenvalue weighted by atomic mass is 35.5. The Labute approximate surface area is 139 Å². The number of nitrogens with one attached hydrogen (secondary N) is 1. The van der Waals surface area contributed by atoms with Crippen molar-refractivity contribution < 1.29 is 22.5 Å². The molecule has 0 spiro atoms. The fraction of sp³-hybridized carbons (Fsp3) is 0.692. The maximum atomic E-state index is 12.7. The van der Waals surface area contributed by atoms with Crippen LogP contribution in [0.2, 0.25) is 5.02 Å². The summed E-state index contributed by atoms with van der Waals surface area (Å²) in [6.07, 6.45) is -7.98. The van der Waals surface area contributed by atoms with Crippen LogP contribution >= 0.6 is 22.9 Å². The van der Waals surface area contributed by atoms with Crippen molar-refractivity contribution in [2.75, 3.05) is 0 Å². The summed E-state index contributed by atoms with van der Waals surface area (Å²) in [5, 5.41) is 11.3. The Hall–Kier alpha value is -0.150. The summed E-state index contributed by atoms with van der Waals surface area (Å²) in [5.41, 5.74) is -1.36. The van der Waals surface area contributed by atoms with Crippen molar-refractivity contribution in [2.24, 2.45) is 0 Å². The van der Waals surface area contributed by atoms with Gasteiger partial charge in [-0.3, -0.25) is 0 Å². The number of rotatable bonds is 5. The molecule has 0 aliphatic rings. The zero-order valence-corrected chi connectivity index (χ0v) is 15.0. The molecular weight excluding hydrogens is 359 g/mol. The van der Waals surface area contributed by atoms with Gasteiger partial charge < -0.3 is 5.11 Å². The molecule has 1 heterocycles. The van der Waals surface area contributed by atoms with Crippen LogP contribution in [0.3, 0.4) is 0 Å². The van der Waals surface area contributed by atoms with Gasteiger partial charge in [0.05, 0.1) is 26.3 Å². The molecule has 0 amide bonds. The number of aliphatic hydroxyl groups excluding tert-OH is 1. The smallest absolute Gasteiger partial charge is 0.384 e. The van der Waals surface area contributed by atoms with E-state index in [4.69, 9.17) is 11.6 Å². The van der Waals surface area contributed by atoms with Crippen LogP contribution in [0.5, 0.6) is 0 Å². The molecule has 0 saturated heterocycles. The molecule has 0 unspecified atom stereocenters. The van der Waals surface area contributed by atoms with Crippen molar-refractivity contribution in [3.63, 3.8) is 0 Å². The van der Waals surface area contributed by atoms with Crippen molar-refractivity contribution >= 4 is 33.9 Å². The molecule has 0 aromatic carbocycles. The van der Waals surface area contributed by atoms with Crippen LogP contribution < -0.4 is 4.72 Å². The molecule has 1 rings (SSSR count). The van der Waals surface area contributed by atoms with Crippen LogP contribution in [0.1, 0.15) is 39.0 Å². The van der Waals surface area contributed by atoms with Crippen LogP contribution in [0.25, 0.3) is 0 Å². The van der Waals surface area contributed by atoms with E-state index in [0.717, 1.165) is 11.3 Å². The van der Waals surface area contributed by atoms with E-state index in [-0.39, 0.29) is 5.02 Å². The van der Waals surface area contributed by atoms with E-state index in [1.165, 1.54) is 6.92 Å². The molecule has 22 heavy (non-hydrogen) atoms. The second kappa shape index (κ2) is 6.76. The zero-order valence-electron chi connectivity index (χ0n) is 12.6. The monoisotopic (exact) mass is 377 g/mol. The van der Waals surface area contributed by atoms with Gasteiger partial charge in [-0.1, -0.05) is 11.6 Å². The van der Waals surface area contributed by atoms with E-state index in [2.05, 4.69) is 4.72 Å². The lowest BCUT2D eigenvalue weighted by Crippen LogP contribution is -2.49. The topological polar surface area (TPSA) is 49.3 Å². The first-order valence-electron chi connectivity index (χ1n) is 6.45. The predicted molar refractivity (Wildman–Crippen MR) is 84.4 cm³/mol. The third-order valence-electron chi connectivity index (χ3n) is 2.97. The molecule has 0 aliphatic carbocycles. The van der Waals surface area contributed by atoms with Gasteiger partial charge in [-0.15, -0.1) is 11.3 Å². The molecule has 0 bridgehead atoms. The maximum absolute atomic E-state index is 12.7. The van der Waals surface area contributed by atoms with Crippen LogP contribution in [-0.4, -0.2) is 26.3 Å². The fourth-order valence-corrected chi connectivity index (χ4v) is 4.09. The SMILES string of the molecule is CC(C)(C)[S@](=O)N[C@@](C)(C[C@H](O)C(F)(F)F)c1sccc1Cl. The largest absolute Gasteiger partial charge is 0.414 e. The maximum Gasteiger partial charge on any atom is 0.414 e. The molecule has 3 atom stereocenters. The first kappa shape index (κ1) is 19.9. The van der Waals surface area contributed by atoms with Gasteiger partial charge in [0.25, 0.3) is 0 Å². The van der Waals surface area contributed by atoms with Gasteiger partial charge in [0, 0.05) is 11.3 Å². The van der Waals surface area contributed by atoms with Gasteiger partial charge in [0.15, 0.2) is 6.10 Å². The summed E-state index contributed by atoms with van der Waals surface area (Å²) < 4.78 is 52.5. The summed E-state index contributed by atoms with van der Waals surface area (Å²) in [4.78, 5) is 0.412. The third kappa shape index (κ3) is 4.92. The lowest BCUT2D eigenvalue weighted by atomic mass is 9.93. The van der Waals surface area contributed by atoms with Crippen LogP contribution in [-0.2, 0) is 16.5 Å². The Morgan fingerprint density at radius 3 is 2.27 bits per heavy atom. The summed E-state index contributed by atoms with van der Waals surface area (Å²) in [7, 11) is -1.62. The molecule has 3 nitrogen and oxygen atoms in total. The second-order valence-corrected chi connectivity index (χ2v) is 9.46. The Bertz CT molecular complexity index is 542. The predicted octanol–water partition coefficient (Wildman–Crippen LogP) is 3.98. The molecule has 1 aromatic rings. The molecule has 0 fully saturated rings. The van der Waals surface area contributed by atoms with E-state index < -0.39 is 40.0 Å². The Balaban J connectivity index is 3.17. The standard InChI is InChI=1S/C13H19ClF3NO2S2/c1-11(2,3)22(20)18-12(4,7-9(19)13(15,16)17)10-8(14)5-6-21-10/h5-6,9,18-19H,7H2,1-4H3/t9-,12-,22-/m0/s1. The highest BCUT2D eigenvalue weighted by Gasteiger charge is 2.45. The summed E-state index contributed by atoms with van der Waals surface area (Å²) in [6, 6.07) is 1.56. The molecule has 0 radical (unpaired) electrons. The van der Waals surface area contributed by atoms with E-state index in [1.54, 1.807) is 32.2 Å². The average Bonchev–Trinajstić information content (AvgIpc) is 2.73. The Morgan fingerprint density at radius 2 is 1.91 bits per heavy atom. The van der Waals surface area contributed by atoms with Gasteiger partial charge in [-0.2, -0.15) is 13.2 Å². The third-order valence-corrected chi connectivity index (χ3v) is 6.33. The van der Waals surface area contributed by atoms with Gasteiger partial charge in [-0.05, 0) is 39.1 Å². The number of aliphatic hydroxyl groups is 1. The van der Waals surface area contributed by atoms with Gasteiger partial charge in [0.1, 0.15) is 0 Å². The minimum absolute atomic E-state index is 0.278. The van der Waals surface area contributed by atoms with Gasteiger partial charge in [0.2, 0.25) is 0 Å². The molecule has 9 heteroatoms. The highest BCUT2D eigenvalue weighted by Crippen LogP contribution is 2.39. The van der Waals surface area contributed by atoms with E-state index in [1.807, 2.05) is 0 Å². The number of hydrogen-bond donors (Lipinski definition) is 2. The first-order valence-corrected chi connectivity index (χ1v) is 8.86. The second-order valence-electron chi connectivity index (χ2n) is 6.17. The normalized spacial score (nSPS) is 18.8. The van der Waals surface area contributed by atoms with Crippen molar-refractivity contribution in [2.45, 2.75) is 56.7 Å². The van der Waals surface area contributed by atoms with E-state index >= 15 is 0 Å². The minimum Gasteiger partial charge on any atom is -0.384 e. The summed E-state index contributed by atoms with van der Waals surface area (Å²) in [5.74, 6) is 0. The number of hydrogen-bond acceptors (Lipinski definition) is 3. The lowest BCUT2D eigenvalue weighted by molar-refractivity contribution is -0.209.